The van der Waals surface area contributed by atoms with Gasteiger partial charge in [-0.25, -0.2) is 13.8 Å². The summed E-state index contributed by atoms with van der Waals surface area (Å²) in [5.41, 5.74) is 4.62. The highest BCUT2D eigenvalue weighted by atomic mass is 19.2. The number of morpholine rings is 1. The number of hydrogen-bond acceptors (Lipinski definition) is 6. The van der Waals surface area contributed by atoms with Crippen LogP contribution in [0, 0.1) is 25.5 Å². The Balaban J connectivity index is 1.50. The third kappa shape index (κ3) is 4.51. The molecule has 1 saturated heterocycles. The normalized spacial score (nSPS) is 22.1. The number of carbonyl (C=O) groups is 1. The number of halogens is 2. The summed E-state index contributed by atoms with van der Waals surface area (Å²) in [5.74, 6) is -0.943. The van der Waals surface area contributed by atoms with Crippen LogP contribution in [-0.2, 0) is 14.3 Å². The van der Waals surface area contributed by atoms with Crippen molar-refractivity contribution in [1.82, 2.24) is 14.7 Å². The zero-order chi connectivity index (χ0) is 27.3. The molecule has 6 rings (SSSR count). The van der Waals surface area contributed by atoms with Crippen LogP contribution >= 0.6 is 0 Å². The van der Waals surface area contributed by atoms with Gasteiger partial charge < -0.3 is 18.6 Å². The molecule has 2 aromatic carbocycles. The van der Waals surface area contributed by atoms with E-state index in [1.54, 1.807) is 7.11 Å². The number of aromatic nitrogens is 3. The second-order valence-electron chi connectivity index (χ2n) is 10.3. The van der Waals surface area contributed by atoms with Gasteiger partial charge in [-0.2, -0.15) is 0 Å². The number of nitrogens with zero attached hydrogens (tertiary/aromatic N) is 4. The maximum atomic E-state index is 14.3. The van der Waals surface area contributed by atoms with Gasteiger partial charge in [0.15, 0.2) is 11.6 Å². The van der Waals surface area contributed by atoms with E-state index >= 15 is 0 Å². The Morgan fingerprint density at radius 2 is 1.82 bits per heavy atom. The van der Waals surface area contributed by atoms with E-state index in [-0.39, 0.29) is 37.0 Å². The van der Waals surface area contributed by atoms with Crippen LogP contribution in [0.3, 0.4) is 0 Å². The number of aryl methyl sites for hydroxylation is 2. The van der Waals surface area contributed by atoms with Gasteiger partial charge in [-0.3, -0.25) is 9.69 Å². The minimum atomic E-state index is -1.01. The van der Waals surface area contributed by atoms with Crippen LogP contribution < -0.4 is 4.90 Å². The first kappa shape index (κ1) is 25.6. The Morgan fingerprint density at radius 1 is 1.03 bits per heavy atom. The lowest BCUT2D eigenvalue weighted by Crippen LogP contribution is -2.45. The van der Waals surface area contributed by atoms with E-state index in [4.69, 9.17) is 19.0 Å². The minimum absolute atomic E-state index is 0.130. The standard InChI is InChI=1S/C29H30F2N4O4/c1-16-28(17(2)39-33-16)18-4-11-25-24(12-18)32-29(35(25)19-5-8-21(37-3)9-6-19)26-14-38-15-27(36)34(26)20-7-10-22(30)23(31)13-20/h4,7,10-13,19,21,26H,5-6,8-9,14-15H2,1-3H3/t19-,21-,26?. The van der Waals surface area contributed by atoms with E-state index in [1.807, 2.05) is 32.0 Å². The van der Waals surface area contributed by atoms with Crippen LogP contribution in [-0.4, -0.2) is 47.0 Å². The molecule has 8 nitrogen and oxygen atoms in total. The molecule has 1 atom stereocenters. The topological polar surface area (TPSA) is 82.6 Å². The van der Waals surface area contributed by atoms with Crippen molar-refractivity contribution in [3.63, 3.8) is 0 Å². The molecule has 1 amide bonds. The summed E-state index contributed by atoms with van der Waals surface area (Å²) in [6, 6.07) is 9.11. The Bertz CT molecular complexity index is 1520. The molecule has 2 fully saturated rings. The number of fused-ring (bicyclic) bond motifs is 1. The summed E-state index contributed by atoms with van der Waals surface area (Å²) < 4.78 is 46.9. The van der Waals surface area contributed by atoms with Gasteiger partial charge in [-0.15, -0.1) is 0 Å². The average Bonchev–Trinajstić information content (AvgIpc) is 3.48. The summed E-state index contributed by atoms with van der Waals surface area (Å²) >= 11 is 0. The number of anilines is 1. The van der Waals surface area contributed by atoms with E-state index in [2.05, 4.69) is 9.72 Å². The molecule has 204 valence electrons. The van der Waals surface area contributed by atoms with E-state index < -0.39 is 17.7 Å². The van der Waals surface area contributed by atoms with Crippen molar-refractivity contribution in [3.8, 4) is 11.1 Å². The lowest BCUT2D eigenvalue weighted by atomic mass is 9.92. The van der Waals surface area contributed by atoms with Crippen LogP contribution in [0.2, 0.25) is 0 Å². The molecule has 0 spiro atoms. The Hall–Kier alpha value is -3.63. The fourth-order valence-electron chi connectivity index (χ4n) is 6.05. The lowest BCUT2D eigenvalue weighted by molar-refractivity contribution is -0.127. The SMILES string of the molecule is CO[C@H]1CC[C@H](n2c(C3COCC(=O)N3c3ccc(F)c(F)c3)nc3cc(-c4c(C)noc4C)ccc32)CC1. The molecule has 3 heterocycles. The molecule has 1 aliphatic carbocycles. The molecule has 0 N–H and O–H groups in total. The van der Waals surface area contributed by atoms with Gasteiger partial charge in [0.1, 0.15) is 24.2 Å². The molecule has 2 aliphatic rings. The molecule has 1 aliphatic heterocycles. The van der Waals surface area contributed by atoms with Gasteiger partial charge in [-0.1, -0.05) is 11.2 Å². The van der Waals surface area contributed by atoms with Gasteiger partial charge in [0.05, 0.1) is 29.4 Å². The molecule has 0 bridgehead atoms. The molecular weight excluding hydrogens is 506 g/mol. The van der Waals surface area contributed by atoms with Crippen molar-refractivity contribution >= 4 is 22.6 Å². The number of carbonyl (C=O) groups excluding carboxylic acids is 1. The summed E-state index contributed by atoms with van der Waals surface area (Å²) in [4.78, 5) is 19.7. The Kier molecular flexibility index (Phi) is 6.68. The van der Waals surface area contributed by atoms with Crippen molar-refractivity contribution in [2.45, 2.75) is 57.7 Å². The molecule has 0 radical (unpaired) electrons. The number of imidazole rings is 1. The van der Waals surface area contributed by atoms with Crippen molar-refractivity contribution in [2.75, 3.05) is 25.2 Å². The molecule has 10 heteroatoms. The average molecular weight is 537 g/mol. The lowest BCUT2D eigenvalue weighted by Gasteiger charge is -2.37. The van der Waals surface area contributed by atoms with Gasteiger partial charge in [0, 0.05) is 30.5 Å². The van der Waals surface area contributed by atoms with Crippen LogP contribution in [0.15, 0.2) is 40.9 Å². The van der Waals surface area contributed by atoms with E-state index in [0.717, 1.165) is 71.4 Å². The van der Waals surface area contributed by atoms with Crippen molar-refractivity contribution in [3.05, 3.63) is 65.3 Å². The minimum Gasteiger partial charge on any atom is -0.381 e. The van der Waals surface area contributed by atoms with E-state index in [1.165, 1.54) is 11.0 Å². The highest BCUT2D eigenvalue weighted by molar-refractivity contribution is 5.96. The highest BCUT2D eigenvalue weighted by Crippen LogP contribution is 2.40. The fraction of sp³-hybridized carbons (Fsp3) is 0.414. The first-order valence-electron chi connectivity index (χ1n) is 13.2. The fourth-order valence-corrected chi connectivity index (χ4v) is 6.05. The molecule has 4 aromatic rings. The number of hydrogen-bond donors (Lipinski definition) is 0. The second-order valence-corrected chi connectivity index (χ2v) is 10.3. The number of methoxy groups -OCH3 is 1. The number of ether oxygens (including phenoxy) is 2. The van der Waals surface area contributed by atoms with Crippen LogP contribution in [0.4, 0.5) is 14.5 Å². The first-order chi connectivity index (χ1) is 18.9. The van der Waals surface area contributed by atoms with Gasteiger partial charge in [0.2, 0.25) is 0 Å². The van der Waals surface area contributed by atoms with Crippen molar-refractivity contribution < 1.29 is 27.6 Å². The third-order valence-electron chi connectivity index (χ3n) is 7.94. The molecule has 1 saturated carbocycles. The summed E-state index contributed by atoms with van der Waals surface area (Å²) in [5, 5.41) is 4.09. The van der Waals surface area contributed by atoms with Gasteiger partial charge >= 0.3 is 0 Å². The molecular formula is C29H30F2N4O4. The Labute approximate surface area is 224 Å². The predicted molar refractivity (Wildman–Crippen MR) is 140 cm³/mol. The van der Waals surface area contributed by atoms with Gasteiger partial charge in [0.25, 0.3) is 5.91 Å². The van der Waals surface area contributed by atoms with Crippen LogP contribution in [0.1, 0.15) is 55.0 Å². The maximum absolute atomic E-state index is 14.3. The Morgan fingerprint density at radius 3 is 2.51 bits per heavy atom. The predicted octanol–water partition coefficient (Wildman–Crippen LogP) is 5.82. The summed E-state index contributed by atoms with van der Waals surface area (Å²) in [6.07, 6.45) is 3.79. The van der Waals surface area contributed by atoms with E-state index in [0.29, 0.717) is 5.82 Å². The third-order valence-corrected chi connectivity index (χ3v) is 7.94. The van der Waals surface area contributed by atoms with Gasteiger partial charge in [-0.05, 0) is 69.4 Å². The van der Waals surface area contributed by atoms with Crippen molar-refractivity contribution in [1.29, 1.82) is 0 Å². The number of amides is 1. The zero-order valence-corrected chi connectivity index (χ0v) is 22.1. The van der Waals surface area contributed by atoms with E-state index in [9.17, 15) is 13.6 Å². The van der Waals surface area contributed by atoms with Crippen LogP contribution in [0.5, 0.6) is 0 Å². The quantitative estimate of drug-likeness (QED) is 0.320. The summed E-state index contributed by atoms with van der Waals surface area (Å²) in [6.45, 7) is 3.81. The zero-order valence-electron chi connectivity index (χ0n) is 22.1. The maximum Gasteiger partial charge on any atom is 0.253 e. The second kappa shape index (κ2) is 10.2. The van der Waals surface area contributed by atoms with Crippen molar-refractivity contribution in [2.24, 2.45) is 0 Å². The smallest absolute Gasteiger partial charge is 0.253 e. The number of benzene rings is 2. The number of rotatable bonds is 5. The molecule has 2 aromatic heterocycles. The molecule has 39 heavy (non-hydrogen) atoms. The summed E-state index contributed by atoms with van der Waals surface area (Å²) in [7, 11) is 1.74. The monoisotopic (exact) mass is 536 g/mol. The van der Waals surface area contributed by atoms with Crippen LogP contribution in [0.25, 0.3) is 22.2 Å². The largest absolute Gasteiger partial charge is 0.381 e. The molecule has 1 unspecified atom stereocenters. The highest BCUT2D eigenvalue weighted by Gasteiger charge is 2.37. The first-order valence-corrected chi connectivity index (χ1v) is 13.2.